The third-order valence-corrected chi connectivity index (χ3v) is 6.74. The maximum atomic E-state index is 16.5. The Morgan fingerprint density at radius 3 is 2.48 bits per heavy atom. The van der Waals surface area contributed by atoms with Crippen molar-refractivity contribution in [3.63, 3.8) is 0 Å². The lowest BCUT2D eigenvalue weighted by Crippen LogP contribution is -2.39. The molecule has 2 atom stereocenters. The van der Waals surface area contributed by atoms with Gasteiger partial charge in [0.1, 0.15) is 11.5 Å². The van der Waals surface area contributed by atoms with Crippen molar-refractivity contribution in [3.05, 3.63) is 84.0 Å². The van der Waals surface area contributed by atoms with Gasteiger partial charge in [0.15, 0.2) is 11.8 Å². The zero-order valence-corrected chi connectivity index (χ0v) is 18.8. The van der Waals surface area contributed by atoms with E-state index >= 15 is 4.39 Å². The van der Waals surface area contributed by atoms with Gasteiger partial charge in [0.25, 0.3) is 0 Å². The van der Waals surface area contributed by atoms with Crippen molar-refractivity contribution in [1.29, 1.82) is 0 Å². The van der Waals surface area contributed by atoms with Gasteiger partial charge in [-0.15, -0.1) is 0 Å². The summed E-state index contributed by atoms with van der Waals surface area (Å²) in [6.45, 7) is 7.13. The Labute approximate surface area is 175 Å². The third-order valence-electron chi connectivity index (χ3n) is 5.17. The molecule has 4 heteroatoms. The predicted molar refractivity (Wildman–Crippen MR) is 121 cm³/mol. The minimum Gasteiger partial charge on any atom is -0.493 e. The fourth-order valence-corrected chi connectivity index (χ4v) is 4.67. The van der Waals surface area contributed by atoms with Gasteiger partial charge in [-0.3, -0.25) is 0 Å². The topological polar surface area (TPSA) is 18.5 Å². The molecule has 0 amide bonds. The van der Waals surface area contributed by atoms with Crippen LogP contribution in [0, 0.1) is 0 Å². The number of benzene rings is 2. The lowest BCUT2D eigenvalue weighted by Gasteiger charge is -2.34. The number of rotatable bonds is 9. The molecule has 0 saturated carbocycles. The van der Waals surface area contributed by atoms with E-state index in [1.54, 1.807) is 12.1 Å². The highest BCUT2D eigenvalue weighted by Gasteiger charge is 2.43. The summed E-state index contributed by atoms with van der Waals surface area (Å²) in [5.74, 6) is 1.22. The van der Waals surface area contributed by atoms with Crippen molar-refractivity contribution in [2.24, 2.45) is 0 Å². The summed E-state index contributed by atoms with van der Waals surface area (Å²) in [6.07, 6.45) is 6.89. The summed E-state index contributed by atoms with van der Waals surface area (Å²) in [5.41, 5.74) is -0.149. The maximum Gasteiger partial charge on any atom is 0.198 e. The van der Waals surface area contributed by atoms with E-state index in [0.717, 1.165) is 18.4 Å². The number of ether oxygens (including phenoxy) is 2. The molecule has 0 bridgehead atoms. The van der Waals surface area contributed by atoms with Crippen molar-refractivity contribution < 1.29 is 13.9 Å². The third kappa shape index (κ3) is 5.39. The highest BCUT2D eigenvalue weighted by atomic mass is 28.3. The molecule has 0 N–H and O–H groups in total. The van der Waals surface area contributed by atoms with Crippen LogP contribution in [0.1, 0.15) is 25.3 Å². The Morgan fingerprint density at radius 1 is 1.03 bits per heavy atom. The van der Waals surface area contributed by atoms with Gasteiger partial charge in [-0.2, -0.15) is 0 Å². The molecule has 1 aliphatic carbocycles. The minimum absolute atomic E-state index is 0.487. The van der Waals surface area contributed by atoms with E-state index in [1.165, 1.54) is 6.04 Å². The largest absolute Gasteiger partial charge is 0.493 e. The SMILES string of the molecule is CCOc1ccccc1C1(F)C=CC(CCC[SiH](C)C)=CC1Oc1ccccc1. The Hall–Kier alpha value is -2.33. The molecular formula is C25H31FO2Si. The molecule has 0 fully saturated rings. The number of hydrogen-bond acceptors (Lipinski definition) is 2. The number of para-hydroxylation sites is 2. The summed E-state index contributed by atoms with van der Waals surface area (Å²) < 4.78 is 28.4. The summed E-state index contributed by atoms with van der Waals surface area (Å²) in [5, 5.41) is 0. The number of hydrogen-bond donors (Lipinski definition) is 0. The van der Waals surface area contributed by atoms with Crippen LogP contribution < -0.4 is 9.47 Å². The van der Waals surface area contributed by atoms with Gasteiger partial charge in [0, 0.05) is 14.4 Å². The van der Waals surface area contributed by atoms with E-state index in [-0.39, 0.29) is 0 Å². The van der Waals surface area contributed by atoms with Crippen LogP contribution in [-0.4, -0.2) is 21.5 Å². The van der Waals surface area contributed by atoms with Gasteiger partial charge < -0.3 is 9.47 Å². The number of halogens is 1. The molecule has 2 nitrogen and oxygen atoms in total. The monoisotopic (exact) mass is 410 g/mol. The Morgan fingerprint density at radius 2 is 1.76 bits per heavy atom. The second-order valence-corrected chi connectivity index (χ2v) is 11.3. The zero-order chi connectivity index (χ0) is 20.7. The van der Waals surface area contributed by atoms with Crippen LogP contribution in [0.25, 0.3) is 0 Å². The first kappa shape index (κ1) is 21.4. The molecular weight excluding hydrogens is 379 g/mol. The fraction of sp³-hybridized carbons (Fsp3) is 0.360. The summed E-state index contributed by atoms with van der Waals surface area (Å²) in [7, 11) is -0.578. The van der Waals surface area contributed by atoms with Gasteiger partial charge >= 0.3 is 0 Å². The quantitative estimate of drug-likeness (QED) is 0.442. The van der Waals surface area contributed by atoms with Crippen LogP contribution in [0.4, 0.5) is 4.39 Å². The molecule has 29 heavy (non-hydrogen) atoms. The van der Waals surface area contributed by atoms with E-state index in [0.29, 0.717) is 23.7 Å². The molecule has 0 aromatic heterocycles. The first-order valence-electron chi connectivity index (χ1n) is 10.6. The molecule has 0 spiro atoms. The normalized spacial score (nSPS) is 21.1. The molecule has 0 aliphatic heterocycles. The molecule has 1 aliphatic rings. The summed E-state index contributed by atoms with van der Waals surface area (Å²) >= 11 is 0. The molecule has 3 rings (SSSR count). The second-order valence-electron chi connectivity index (χ2n) is 7.91. The first-order chi connectivity index (χ1) is 14.0. The van der Waals surface area contributed by atoms with E-state index in [9.17, 15) is 0 Å². The van der Waals surface area contributed by atoms with Gasteiger partial charge in [-0.05, 0) is 49.3 Å². The van der Waals surface area contributed by atoms with Crippen LogP contribution in [0.2, 0.25) is 19.1 Å². The molecule has 2 aromatic carbocycles. The van der Waals surface area contributed by atoms with E-state index < -0.39 is 20.6 Å². The van der Waals surface area contributed by atoms with E-state index in [4.69, 9.17) is 9.47 Å². The molecule has 154 valence electrons. The first-order valence-corrected chi connectivity index (χ1v) is 13.7. The molecule has 2 aromatic rings. The number of alkyl halides is 1. The maximum absolute atomic E-state index is 16.5. The molecule has 0 heterocycles. The predicted octanol–water partition coefficient (Wildman–Crippen LogP) is 6.46. The standard InChI is InChI=1S/C25H31FO2Si/c1-4-27-23-15-9-8-14-22(23)25(26)17-16-20(11-10-18-29(2)3)19-24(25)28-21-12-6-5-7-13-21/h5-9,12-17,19,24,29H,4,10-11,18H2,1-3H3. The number of allylic oxidation sites excluding steroid dienone is 2. The molecule has 0 radical (unpaired) electrons. The Balaban J connectivity index is 1.92. The highest BCUT2D eigenvalue weighted by molar-refractivity contribution is 6.55. The average Bonchev–Trinajstić information content (AvgIpc) is 2.72. The van der Waals surface area contributed by atoms with E-state index in [1.807, 2.05) is 67.6 Å². The smallest absolute Gasteiger partial charge is 0.198 e. The van der Waals surface area contributed by atoms with Gasteiger partial charge in [0.05, 0.1) is 6.61 Å². The van der Waals surface area contributed by atoms with Crippen LogP contribution in [0.5, 0.6) is 11.5 Å². The van der Waals surface area contributed by atoms with Gasteiger partial charge in [-0.1, -0.05) is 68.0 Å². The summed E-state index contributed by atoms with van der Waals surface area (Å²) in [4.78, 5) is 0. The highest BCUT2D eigenvalue weighted by Crippen LogP contribution is 2.42. The van der Waals surface area contributed by atoms with Gasteiger partial charge in [0.2, 0.25) is 0 Å². The van der Waals surface area contributed by atoms with Crippen molar-refractivity contribution >= 4 is 8.80 Å². The van der Waals surface area contributed by atoms with Crippen LogP contribution in [0.3, 0.4) is 0 Å². The van der Waals surface area contributed by atoms with Crippen LogP contribution >= 0.6 is 0 Å². The summed E-state index contributed by atoms with van der Waals surface area (Å²) in [6, 6.07) is 18.1. The minimum atomic E-state index is -1.79. The Kier molecular flexibility index (Phi) is 7.32. The lowest BCUT2D eigenvalue weighted by molar-refractivity contribution is 0.0695. The fourth-order valence-electron chi connectivity index (χ4n) is 3.65. The zero-order valence-electron chi connectivity index (χ0n) is 17.6. The van der Waals surface area contributed by atoms with Gasteiger partial charge in [-0.25, -0.2) is 4.39 Å². The lowest BCUT2D eigenvalue weighted by atomic mass is 9.83. The van der Waals surface area contributed by atoms with Crippen molar-refractivity contribution in [2.45, 2.75) is 50.7 Å². The second kappa shape index (κ2) is 9.93. The van der Waals surface area contributed by atoms with Crippen molar-refractivity contribution in [3.8, 4) is 11.5 Å². The van der Waals surface area contributed by atoms with E-state index in [2.05, 4.69) is 13.1 Å². The van der Waals surface area contributed by atoms with Crippen molar-refractivity contribution in [1.82, 2.24) is 0 Å². The van der Waals surface area contributed by atoms with Crippen molar-refractivity contribution in [2.75, 3.05) is 6.61 Å². The van der Waals surface area contributed by atoms with Crippen LogP contribution in [0.15, 0.2) is 78.4 Å². The average molecular weight is 411 g/mol. The Bertz CT molecular complexity index is 847. The van der Waals surface area contributed by atoms with Crippen LogP contribution in [-0.2, 0) is 5.67 Å². The molecule has 0 saturated heterocycles. The molecule has 2 unspecified atom stereocenters.